The first kappa shape index (κ1) is 30.4. The highest BCUT2D eigenvalue weighted by atomic mass is 19.4. The Morgan fingerprint density at radius 1 is 0.878 bits per heavy atom. The molecule has 2 aromatic carbocycles. The van der Waals surface area contributed by atoms with Gasteiger partial charge in [-0.1, -0.05) is 50.3 Å². The highest BCUT2D eigenvalue weighted by Gasteiger charge is 2.34. The van der Waals surface area contributed by atoms with Crippen LogP contribution in [0.1, 0.15) is 91.7 Å². The molecule has 41 heavy (non-hydrogen) atoms. The lowest BCUT2D eigenvalue weighted by Gasteiger charge is -2.38. The molecule has 222 valence electrons. The van der Waals surface area contributed by atoms with Crippen LogP contribution in [-0.4, -0.2) is 29.6 Å². The van der Waals surface area contributed by atoms with Crippen LogP contribution >= 0.6 is 0 Å². The molecule has 7 nitrogen and oxygen atoms in total. The average Bonchev–Trinajstić information content (AvgIpc) is 2.96. The van der Waals surface area contributed by atoms with Crippen molar-refractivity contribution in [2.24, 2.45) is 17.8 Å². The Morgan fingerprint density at radius 3 is 2.17 bits per heavy atom. The van der Waals surface area contributed by atoms with Crippen LogP contribution in [0.4, 0.5) is 23.7 Å². The second-order valence-electron chi connectivity index (χ2n) is 11.2. The van der Waals surface area contributed by atoms with Gasteiger partial charge in [-0.2, -0.15) is 13.2 Å². The number of aliphatic carboxylic acids is 1. The largest absolute Gasteiger partial charge is 0.481 e. The summed E-state index contributed by atoms with van der Waals surface area (Å²) in [6.45, 7) is 0.0139. The number of hydrogen-bond acceptors (Lipinski definition) is 3. The highest BCUT2D eigenvalue weighted by Crippen LogP contribution is 2.43. The summed E-state index contributed by atoms with van der Waals surface area (Å²) in [5.74, 6) is 0.188. The molecular weight excluding hydrogens is 535 g/mol. The van der Waals surface area contributed by atoms with Gasteiger partial charge in [-0.15, -0.1) is 0 Å². The smallest absolute Gasteiger partial charge is 0.416 e. The molecule has 4 rings (SSSR count). The maximum absolute atomic E-state index is 13.2. The number of urea groups is 1. The van der Waals surface area contributed by atoms with Gasteiger partial charge in [0.25, 0.3) is 5.91 Å². The molecule has 0 bridgehead atoms. The van der Waals surface area contributed by atoms with Crippen molar-refractivity contribution < 1.29 is 32.7 Å². The van der Waals surface area contributed by atoms with Gasteiger partial charge in [0.1, 0.15) is 0 Å². The van der Waals surface area contributed by atoms with Crippen molar-refractivity contribution >= 4 is 23.6 Å². The quantitative estimate of drug-likeness (QED) is 0.255. The van der Waals surface area contributed by atoms with Crippen molar-refractivity contribution in [2.75, 3.05) is 11.9 Å². The SMILES string of the molecule is O=C(O)CCNC(=O)c1ccc(C(NC(=O)Nc2cccc(C(F)(F)F)c2)C2CCC(C3CCCCC3)CC2)cc1. The maximum Gasteiger partial charge on any atom is 0.416 e. The van der Waals surface area contributed by atoms with Crippen LogP contribution in [0.5, 0.6) is 0 Å². The summed E-state index contributed by atoms with van der Waals surface area (Å²) in [5, 5.41) is 16.9. The first-order chi connectivity index (χ1) is 19.6. The summed E-state index contributed by atoms with van der Waals surface area (Å²) in [4.78, 5) is 36.2. The number of rotatable bonds is 9. The number of anilines is 1. The van der Waals surface area contributed by atoms with E-state index in [1.54, 1.807) is 24.3 Å². The lowest BCUT2D eigenvalue weighted by Crippen LogP contribution is -2.38. The molecule has 4 N–H and O–H groups in total. The number of amides is 3. The topological polar surface area (TPSA) is 108 Å². The van der Waals surface area contributed by atoms with E-state index in [0.717, 1.165) is 49.3 Å². The van der Waals surface area contributed by atoms with Gasteiger partial charge in [-0.05, 0) is 79.3 Å². The molecule has 2 aliphatic rings. The Bertz CT molecular complexity index is 1190. The van der Waals surface area contributed by atoms with E-state index in [2.05, 4.69) is 16.0 Å². The molecule has 0 heterocycles. The van der Waals surface area contributed by atoms with E-state index >= 15 is 0 Å². The van der Waals surface area contributed by atoms with E-state index in [1.165, 1.54) is 44.2 Å². The van der Waals surface area contributed by atoms with Crippen LogP contribution in [0, 0.1) is 17.8 Å². The summed E-state index contributed by atoms with van der Waals surface area (Å²) >= 11 is 0. The number of carboxylic acids is 1. The zero-order valence-corrected chi connectivity index (χ0v) is 23.0. The summed E-state index contributed by atoms with van der Waals surface area (Å²) in [7, 11) is 0. The number of nitrogens with one attached hydrogen (secondary N) is 3. The molecule has 0 radical (unpaired) electrons. The second kappa shape index (κ2) is 13.9. The van der Waals surface area contributed by atoms with Crippen molar-refractivity contribution in [3.8, 4) is 0 Å². The predicted molar refractivity (Wildman–Crippen MR) is 149 cm³/mol. The minimum absolute atomic E-state index is 0.0139. The highest BCUT2D eigenvalue weighted by molar-refractivity contribution is 5.94. The number of hydrogen-bond donors (Lipinski definition) is 4. The van der Waals surface area contributed by atoms with Gasteiger partial charge in [0.05, 0.1) is 18.0 Å². The lowest BCUT2D eigenvalue weighted by atomic mass is 9.69. The Kier molecular flexibility index (Phi) is 10.3. The van der Waals surface area contributed by atoms with E-state index < -0.39 is 35.7 Å². The summed E-state index contributed by atoms with van der Waals surface area (Å²) in [6, 6.07) is 10.4. The molecule has 1 atom stereocenters. The second-order valence-corrected chi connectivity index (χ2v) is 11.2. The van der Waals surface area contributed by atoms with Gasteiger partial charge in [0.15, 0.2) is 0 Å². The fourth-order valence-electron chi connectivity index (χ4n) is 6.34. The number of alkyl halides is 3. The lowest BCUT2D eigenvalue weighted by molar-refractivity contribution is -0.138. The normalized spacial score (nSPS) is 20.6. The fraction of sp³-hybridized carbons (Fsp3) is 0.516. The molecular formula is C31H38F3N3O4. The van der Waals surface area contributed by atoms with Crippen LogP contribution in [-0.2, 0) is 11.0 Å². The monoisotopic (exact) mass is 573 g/mol. The predicted octanol–water partition coefficient (Wildman–Crippen LogP) is 7.16. The van der Waals surface area contributed by atoms with E-state index in [-0.39, 0.29) is 24.6 Å². The van der Waals surface area contributed by atoms with E-state index in [4.69, 9.17) is 5.11 Å². The molecule has 0 aromatic heterocycles. The molecule has 0 aliphatic heterocycles. The molecule has 2 saturated carbocycles. The van der Waals surface area contributed by atoms with Crippen molar-refractivity contribution in [2.45, 2.75) is 76.4 Å². The average molecular weight is 574 g/mol. The third-order valence-corrected chi connectivity index (χ3v) is 8.50. The summed E-state index contributed by atoms with van der Waals surface area (Å²) < 4.78 is 39.5. The Balaban J connectivity index is 1.46. The molecule has 0 spiro atoms. The molecule has 2 fully saturated rings. The number of carboxylic acid groups (broad SMARTS) is 1. The first-order valence-corrected chi connectivity index (χ1v) is 14.4. The summed E-state index contributed by atoms with van der Waals surface area (Å²) in [5.41, 5.74) is 0.371. The van der Waals surface area contributed by atoms with E-state index in [1.807, 2.05) is 0 Å². The van der Waals surface area contributed by atoms with Gasteiger partial charge in [0, 0.05) is 17.8 Å². The van der Waals surface area contributed by atoms with Gasteiger partial charge >= 0.3 is 18.2 Å². The van der Waals surface area contributed by atoms with Crippen LogP contribution in [0.15, 0.2) is 48.5 Å². The first-order valence-electron chi connectivity index (χ1n) is 14.4. The Morgan fingerprint density at radius 2 is 1.54 bits per heavy atom. The zero-order valence-electron chi connectivity index (χ0n) is 23.0. The van der Waals surface area contributed by atoms with Gasteiger partial charge in [-0.3, -0.25) is 9.59 Å². The number of halogens is 3. The number of benzene rings is 2. The van der Waals surface area contributed by atoms with Crippen molar-refractivity contribution in [3.05, 3.63) is 65.2 Å². The zero-order chi connectivity index (χ0) is 29.4. The van der Waals surface area contributed by atoms with Gasteiger partial charge in [0.2, 0.25) is 0 Å². The van der Waals surface area contributed by atoms with Crippen LogP contribution < -0.4 is 16.0 Å². The Hall–Kier alpha value is -3.56. The third-order valence-electron chi connectivity index (χ3n) is 8.50. The van der Waals surface area contributed by atoms with Gasteiger partial charge < -0.3 is 21.1 Å². The molecule has 3 amide bonds. The Labute approximate surface area is 238 Å². The molecule has 2 aliphatic carbocycles. The molecule has 1 unspecified atom stereocenters. The number of carbonyl (C=O) groups is 3. The van der Waals surface area contributed by atoms with E-state index in [0.29, 0.717) is 11.5 Å². The van der Waals surface area contributed by atoms with Crippen LogP contribution in [0.2, 0.25) is 0 Å². The minimum Gasteiger partial charge on any atom is -0.481 e. The molecule has 10 heteroatoms. The van der Waals surface area contributed by atoms with Gasteiger partial charge in [-0.25, -0.2) is 4.79 Å². The maximum atomic E-state index is 13.2. The van der Waals surface area contributed by atoms with Crippen molar-refractivity contribution in [1.29, 1.82) is 0 Å². The summed E-state index contributed by atoms with van der Waals surface area (Å²) in [6.07, 6.45) is 5.77. The van der Waals surface area contributed by atoms with Crippen molar-refractivity contribution in [1.82, 2.24) is 10.6 Å². The fourth-order valence-corrected chi connectivity index (χ4v) is 6.34. The third kappa shape index (κ3) is 8.71. The minimum atomic E-state index is -4.52. The van der Waals surface area contributed by atoms with Crippen LogP contribution in [0.3, 0.4) is 0 Å². The molecule has 0 saturated heterocycles. The number of carbonyl (C=O) groups excluding carboxylic acids is 2. The molecule has 2 aromatic rings. The standard InChI is InChI=1S/C31H38F3N3O4/c32-31(33,34)25-7-4-8-26(19-25)36-30(41)37-28(22-11-9-21(10-12-22)20-5-2-1-3-6-20)23-13-15-24(16-14-23)29(40)35-18-17-27(38)39/h4,7-8,13-16,19-22,28H,1-3,5-6,9-12,17-18H2,(H,35,40)(H,38,39)(H2,36,37,41). The van der Waals surface area contributed by atoms with E-state index in [9.17, 15) is 27.6 Å². The van der Waals surface area contributed by atoms with Crippen LogP contribution in [0.25, 0.3) is 0 Å². The van der Waals surface area contributed by atoms with Crippen molar-refractivity contribution in [3.63, 3.8) is 0 Å².